The number of aryl methyl sites for hydroxylation is 2. The van der Waals surface area contributed by atoms with E-state index in [0.717, 1.165) is 35.2 Å². The molecule has 0 amide bonds. The number of aromatic nitrogens is 3. The van der Waals surface area contributed by atoms with Crippen molar-refractivity contribution in [1.29, 1.82) is 0 Å². The fourth-order valence-electron chi connectivity index (χ4n) is 2.30. The van der Waals surface area contributed by atoms with Gasteiger partial charge in [0.1, 0.15) is 0 Å². The van der Waals surface area contributed by atoms with Crippen LogP contribution in [0.1, 0.15) is 36.5 Å². The molecule has 0 aromatic carbocycles. The number of nitrogens with one attached hydrogen (secondary N) is 1. The van der Waals surface area contributed by atoms with Gasteiger partial charge in [-0.05, 0) is 54.0 Å². The van der Waals surface area contributed by atoms with E-state index in [2.05, 4.69) is 44.3 Å². The lowest BCUT2D eigenvalue weighted by Crippen LogP contribution is -2.26. The first kappa shape index (κ1) is 15.2. The minimum absolute atomic E-state index is 0.195. The normalized spacial score (nSPS) is 12.6. The van der Waals surface area contributed by atoms with Gasteiger partial charge in [0.05, 0.1) is 17.4 Å². The topological polar surface area (TPSA) is 42.7 Å². The molecule has 0 bridgehead atoms. The molecule has 0 spiro atoms. The molecule has 2 heterocycles. The van der Waals surface area contributed by atoms with Crippen LogP contribution in [0.15, 0.2) is 28.9 Å². The SMILES string of the molecule is CCCNC(Cc1cc(C)nn1C)c1ncccc1Br. The summed E-state index contributed by atoms with van der Waals surface area (Å²) in [6, 6.07) is 6.31. The molecule has 0 aliphatic rings. The molecule has 0 saturated heterocycles. The minimum atomic E-state index is 0.195. The third-order valence-corrected chi connectivity index (χ3v) is 3.94. The van der Waals surface area contributed by atoms with Gasteiger partial charge in [0.25, 0.3) is 0 Å². The molecule has 2 aromatic heterocycles. The van der Waals surface area contributed by atoms with Gasteiger partial charge in [-0.3, -0.25) is 9.67 Å². The molecule has 108 valence electrons. The van der Waals surface area contributed by atoms with E-state index in [1.165, 1.54) is 5.69 Å². The maximum Gasteiger partial charge on any atom is 0.0718 e. The van der Waals surface area contributed by atoms with Gasteiger partial charge in [0.15, 0.2) is 0 Å². The Hall–Kier alpha value is -1.20. The van der Waals surface area contributed by atoms with Crippen molar-refractivity contribution in [2.45, 2.75) is 32.7 Å². The highest BCUT2D eigenvalue weighted by Gasteiger charge is 2.17. The summed E-state index contributed by atoms with van der Waals surface area (Å²) in [7, 11) is 1.99. The van der Waals surface area contributed by atoms with Crippen LogP contribution in [0.25, 0.3) is 0 Å². The molecular formula is C15H21BrN4. The van der Waals surface area contributed by atoms with Crippen molar-refractivity contribution < 1.29 is 0 Å². The summed E-state index contributed by atoms with van der Waals surface area (Å²) >= 11 is 3.60. The van der Waals surface area contributed by atoms with Crippen LogP contribution in [0, 0.1) is 6.92 Å². The Morgan fingerprint density at radius 2 is 2.25 bits per heavy atom. The summed E-state index contributed by atoms with van der Waals surface area (Å²) in [6.07, 6.45) is 3.83. The highest BCUT2D eigenvalue weighted by molar-refractivity contribution is 9.10. The van der Waals surface area contributed by atoms with Crippen LogP contribution in [0.4, 0.5) is 0 Å². The zero-order chi connectivity index (χ0) is 14.5. The quantitative estimate of drug-likeness (QED) is 0.880. The monoisotopic (exact) mass is 336 g/mol. The average Bonchev–Trinajstić information content (AvgIpc) is 2.73. The third kappa shape index (κ3) is 3.67. The molecule has 1 atom stereocenters. The first-order valence-corrected chi connectivity index (χ1v) is 7.74. The Labute approximate surface area is 128 Å². The first-order valence-electron chi connectivity index (χ1n) is 6.95. The maximum absolute atomic E-state index is 4.53. The molecular weight excluding hydrogens is 316 g/mol. The van der Waals surface area contributed by atoms with Crippen molar-refractivity contribution in [3.05, 3.63) is 46.0 Å². The van der Waals surface area contributed by atoms with Crippen molar-refractivity contribution in [2.24, 2.45) is 7.05 Å². The van der Waals surface area contributed by atoms with Crippen LogP contribution < -0.4 is 5.32 Å². The number of nitrogens with zero attached hydrogens (tertiary/aromatic N) is 3. The smallest absolute Gasteiger partial charge is 0.0718 e. The van der Waals surface area contributed by atoms with Gasteiger partial charge in [0, 0.05) is 29.8 Å². The Bertz CT molecular complexity index is 565. The number of pyridine rings is 1. The molecule has 1 N–H and O–H groups in total. The van der Waals surface area contributed by atoms with E-state index in [1.54, 1.807) is 0 Å². The molecule has 0 saturated carbocycles. The maximum atomic E-state index is 4.53. The Kier molecular flexibility index (Phi) is 5.31. The highest BCUT2D eigenvalue weighted by Crippen LogP contribution is 2.24. The third-order valence-electron chi connectivity index (χ3n) is 3.27. The van der Waals surface area contributed by atoms with E-state index in [0.29, 0.717) is 0 Å². The molecule has 5 heteroatoms. The molecule has 0 fully saturated rings. The summed E-state index contributed by atoms with van der Waals surface area (Å²) in [5.41, 5.74) is 3.32. The second-order valence-corrected chi connectivity index (χ2v) is 5.84. The fraction of sp³-hybridized carbons (Fsp3) is 0.467. The van der Waals surface area contributed by atoms with Gasteiger partial charge in [-0.25, -0.2) is 0 Å². The fourth-order valence-corrected chi connectivity index (χ4v) is 2.83. The van der Waals surface area contributed by atoms with E-state index < -0.39 is 0 Å². The van der Waals surface area contributed by atoms with Gasteiger partial charge in [-0.2, -0.15) is 5.10 Å². The van der Waals surface area contributed by atoms with Crippen LogP contribution in [0.5, 0.6) is 0 Å². The first-order chi connectivity index (χ1) is 9.61. The molecule has 2 aromatic rings. The van der Waals surface area contributed by atoms with Crippen molar-refractivity contribution in [3.63, 3.8) is 0 Å². The molecule has 0 aliphatic heterocycles. The van der Waals surface area contributed by atoms with Gasteiger partial charge in [-0.1, -0.05) is 6.92 Å². The second-order valence-electron chi connectivity index (χ2n) is 4.98. The van der Waals surface area contributed by atoms with Crippen molar-refractivity contribution in [3.8, 4) is 0 Å². The molecule has 2 rings (SSSR count). The van der Waals surface area contributed by atoms with Gasteiger partial charge >= 0.3 is 0 Å². The van der Waals surface area contributed by atoms with Crippen LogP contribution in [0.2, 0.25) is 0 Å². The van der Waals surface area contributed by atoms with Crippen molar-refractivity contribution in [2.75, 3.05) is 6.54 Å². The van der Waals surface area contributed by atoms with Crippen LogP contribution in [0.3, 0.4) is 0 Å². The predicted octanol–water partition coefficient (Wildman–Crippen LogP) is 3.17. The van der Waals surface area contributed by atoms with Crippen LogP contribution >= 0.6 is 15.9 Å². The number of hydrogen-bond acceptors (Lipinski definition) is 3. The largest absolute Gasteiger partial charge is 0.308 e. The Morgan fingerprint density at radius 3 is 2.85 bits per heavy atom. The van der Waals surface area contributed by atoms with Crippen LogP contribution in [-0.4, -0.2) is 21.3 Å². The molecule has 4 nitrogen and oxygen atoms in total. The summed E-state index contributed by atoms with van der Waals surface area (Å²) in [4.78, 5) is 4.53. The van der Waals surface area contributed by atoms with E-state index in [4.69, 9.17) is 0 Å². The van der Waals surface area contributed by atoms with Gasteiger partial charge in [-0.15, -0.1) is 0 Å². The summed E-state index contributed by atoms with van der Waals surface area (Å²) in [5.74, 6) is 0. The number of halogens is 1. The van der Waals surface area contributed by atoms with Crippen molar-refractivity contribution in [1.82, 2.24) is 20.1 Å². The lowest BCUT2D eigenvalue weighted by atomic mass is 10.1. The van der Waals surface area contributed by atoms with E-state index in [9.17, 15) is 0 Å². The van der Waals surface area contributed by atoms with E-state index in [1.807, 2.05) is 37.0 Å². The lowest BCUT2D eigenvalue weighted by Gasteiger charge is -2.19. The number of rotatable bonds is 6. The van der Waals surface area contributed by atoms with Crippen molar-refractivity contribution >= 4 is 15.9 Å². The molecule has 20 heavy (non-hydrogen) atoms. The number of hydrogen-bond donors (Lipinski definition) is 1. The Morgan fingerprint density at radius 1 is 1.45 bits per heavy atom. The minimum Gasteiger partial charge on any atom is -0.308 e. The zero-order valence-corrected chi connectivity index (χ0v) is 13.8. The lowest BCUT2D eigenvalue weighted by molar-refractivity contribution is 0.500. The zero-order valence-electron chi connectivity index (χ0n) is 12.2. The standard InChI is InChI=1S/C15H21BrN4/c1-4-7-17-14(15-13(16)6-5-8-18-15)10-12-9-11(2)19-20(12)3/h5-6,8-9,14,17H,4,7,10H2,1-3H3. The predicted molar refractivity (Wildman–Crippen MR) is 84.6 cm³/mol. The highest BCUT2D eigenvalue weighted by atomic mass is 79.9. The summed E-state index contributed by atoms with van der Waals surface area (Å²) in [6.45, 7) is 5.17. The summed E-state index contributed by atoms with van der Waals surface area (Å²) in [5, 5.41) is 8.00. The molecule has 0 aliphatic carbocycles. The van der Waals surface area contributed by atoms with E-state index >= 15 is 0 Å². The Balaban J connectivity index is 2.24. The average molecular weight is 337 g/mol. The van der Waals surface area contributed by atoms with Crippen LogP contribution in [-0.2, 0) is 13.5 Å². The van der Waals surface area contributed by atoms with E-state index in [-0.39, 0.29) is 6.04 Å². The van der Waals surface area contributed by atoms with Gasteiger partial charge < -0.3 is 5.32 Å². The van der Waals surface area contributed by atoms with Gasteiger partial charge in [0.2, 0.25) is 0 Å². The molecule has 1 unspecified atom stereocenters. The second kappa shape index (κ2) is 6.99. The summed E-state index contributed by atoms with van der Waals surface area (Å²) < 4.78 is 3.00. The molecule has 0 radical (unpaired) electrons.